The fraction of sp³-hybridized carbons (Fsp3) is 0.0152. The molecule has 0 aliphatic rings. The zero-order valence-corrected chi connectivity index (χ0v) is 40.2. The van der Waals surface area contributed by atoms with Crippen LogP contribution in [0.1, 0.15) is 22.6 Å². The third-order valence-electron chi connectivity index (χ3n) is 13.0. The summed E-state index contributed by atoms with van der Waals surface area (Å²) in [6.45, 7) is 0. The predicted molar refractivity (Wildman–Crippen MR) is 299 cm³/mol. The van der Waals surface area contributed by atoms with Gasteiger partial charge >= 0.3 is 0 Å². The highest BCUT2D eigenvalue weighted by atomic mass is 35.5. The molecular weight excluding hydrogens is 906 g/mol. The Kier molecular flexibility index (Phi) is 13.1. The van der Waals surface area contributed by atoms with Crippen LogP contribution in [0.15, 0.2) is 279 Å². The smallest absolute Gasteiger partial charge is 0.0505 e. The summed E-state index contributed by atoms with van der Waals surface area (Å²) in [5.41, 5.74) is 18.2. The van der Waals surface area contributed by atoms with Crippen molar-refractivity contribution in [3.63, 3.8) is 0 Å². The van der Waals surface area contributed by atoms with Crippen molar-refractivity contribution in [2.45, 2.75) is 5.92 Å². The van der Waals surface area contributed by atoms with Crippen LogP contribution < -0.4 is 9.80 Å². The number of hydrogen-bond acceptors (Lipinski definition) is 3. The quantitative estimate of drug-likeness (QED) is 0.107. The molecule has 0 saturated carbocycles. The minimum absolute atomic E-state index is 0.111. The minimum Gasteiger partial charge on any atom is -0.310 e. The third-order valence-corrected chi connectivity index (χ3v) is 13.7. The van der Waals surface area contributed by atoms with E-state index in [1.165, 1.54) is 16.7 Å². The SMILES string of the molecule is Clc1ccccc1-c1ccc(N(c2ccc(-c3ccccc3)cc2)c2cccc(C(c3ccccc3)c3cccc(N(c4ccc(-c5ccccc5)cc4)c4ccc(-c5cccnc5)cc4)c3)c2)cc1Cl. The van der Waals surface area contributed by atoms with Gasteiger partial charge in [0.05, 0.1) is 5.02 Å². The number of pyridine rings is 1. The van der Waals surface area contributed by atoms with E-state index >= 15 is 0 Å². The van der Waals surface area contributed by atoms with Crippen LogP contribution in [-0.4, -0.2) is 4.98 Å². The van der Waals surface area contributed by atoms with Gasteiger partial charge in [0.15, 0.2) is 0 Å². The van der Waals surface area contributed by atoms with Gasteiger partial charge in [0.2, 0.25) is 0 Å². The Morgan fingerprint density at radius 1 is 0.282 bits per heavy atom. The second-order valence-electron chi connectivity index (χ2n) is 17.5. The van der Waals surface area contributed by atoms with E-state index in [9.17, 15) is 0 Å². The number of benzene rings is 10. The summed E-state index contributed by atoms with van der Waals surface area (Å²) < 4.78 is 0. The average molecular weight is 953 g/mol. The Bertz CT molecular complexity index is 3450. The van der Waals surface area contributed by atoms with Gasteiger partial charge in [0.1, 0.15) is 0 Å². The summed E-state index contributed by atoms with van der Waals surface area (Å²) in [6.07, 6.45) is 3.72. The molecule has 0 aliphatic heterocycles. The van der Waals surface area contributed by atoms with E-state index in [1.54, 1.807) is 0 Å². The van der Waals surface area contributed by atoms with Crippen molar-refractivity contribution in [3.8, 4) is 44.5 Å². The molecule has 1 aromatic heterocycles. The number of halogens is 2. The van der Waals surface area contributed by atoms with Gasteiger partial charge in [-0.3, -0.25) is 4.98 Å². The van der Waals surface area contributed by atoms with Crippen molar-refractivity contribution in [3.05, 3.63) is 306 Å². The summed E-state index contributed by atoms with van der Waals surface area (Å²) in [5.74, 6) is -0.111. The molecule has 5 heteroatoms. The molecule has 71 heavy (non-hydrogen) atoms. The van der Waals surface area contributed by atoms with Gasteiger partial charge in [0, 0.05) is 68.6 Å². The lowest BCUT2D eigenvalue weighted by molar-refractivity contribution is 0.975. The van der Waals surface area contributed by atoms with E-state index in [0.29, 0.717) is 10.0 Å². The summed E-state index contributed by atoms with van der Waals surface area (Å²) in [7, 11) is 0. The van der Waals surface area contributed by atoms with Gasteiger partial charge in [-0.2, -0.15) is 0 Å². The van der Waals surface area contributed by atoms with Crippen molar-refractivity contribution in [2.24, 2.45) is 0 Å². The van der Waals surface area contributed by atoms with Crippen LogP contribution >= 0.6 is 23.2 Å². The van der Waals surface area contributed by atoms with Gasteiger partial charge in [-0.15, -0.1) is 0 Å². The Labute approximate surface area is 426 Å². The van der Waals surface area contributed by atoms with Crippen molar-refractivity contribution in [2.75, 3.05) is 9.80 Å². The summed E-state index contributed by atoms with van der Waals surface area (Å²) in [6, 6.07) is 94.2. The summed E-state index contributed by atoms with van der Waals surface area (Å²) in [5, 5.41) is 1.27. The molecule has 0 fully saturated rings. The fourth-order valence-electron chi connectivity index (χ4n) is 9.55. The van der Waals surface area contributed by atoms with Crippen LogP contribution in [0.2, 0.25) is 10.0 Å². The maximum Gasteiger partial charge on any atom is 0.0505 e. The molecule has 0 bridgehead atoms. The van der Waals surface area contributed by atoms with E-state index in [0.717, 1.165) is 78.6 Å². The highest BCUT2D eigenvalue weighted by Crippen LogP contribution is 2.44. The first kappa shape index (κ1) is 45.0. The number of anilines is 6. The summed E-state index contributed by atoms with van der Waals surface area (Å²) >= 11 is 13.9. The molecule has 11 rings (SSSR count). The molecule has 1 unspecified atom stereocenters. The molecule has 0 aliphatic carbocycles. The molecule has 10 aromatic carbocycles. The van der Waals surface area contributed by atoms with Gasteiger partial charge < -0.3 is 9.80 Å². The third kappa shape index (κ3) is 9.75. The minimum atomic E-state index is -0.111. The molecule has 1 heterocycles. The number of rotatable bonds is 13. The maximum absolute atomic E-state index is 7.21. The normalized spacial score (nSPS) is 11.5. The highest BCUT2D eigenvalue weighted by Gasteiger charge is 2.23. The first-order valence-corrected chi connectivity index (χ1v) is 24.5. The molecular formula is C66H47Cl2N3. The van der Waals surface area contributed by atoms with E-state index in [4.69, 9.17) is 23.2 Å². The zero-order valence-electron chi connectivity index (χ0n) is 38.7. The van der Waals surface area contributed by atoms with E-state index in [2.05, 4.69) is 239 Å². The first-order valence-electron chi connectivity index (χ1n) is 23.8. The Balaban J connectivity index is 1.02. The molecule has 0 saturated heterocycles. The standard InChI is InChI=1S/C66H47Cl2N3/c67-64-27-11-10-26-62(64)63-41-40-61(45-65(63)68)71(58-36-30-50(31-37-58)48-17-6-2-7-18-48)60-25-13-22-54(44-60)66(52-19-8-3-9-20-52)53-21-12-24-59(43-53)70(56-34-28-49(29-35-56)47-15-4-1-5-16-47)57-38-32-51(33-39-57)55-23-14-42-69-46-55/h1-46,66H. The van der Waals surface area contributed by atoms with Crippen LogP contribution in [0.4, 0.5) is 34.1 Å². The molecule has 3 nitrogen and oxygen atoms in total. The monoisotopic (exact) mass is 951 g/mol. The lowest BCUT2D eigenvalue weighted by Gasteiger charge is -2.29. The van der Waals surface area contributed by atoms with E-state index in [1.807, 2.05) is 54.9 Å². The largest absolute Gasteiger partial charge is 0.310 e. The fourth-order valence-corrected chi connectivity index (χ4v) is 10.1. The van der Waals surface area contributed by atoms with Crippen molar-refractivity contribution in [1.82, 2.24) is 4.98 Å². The Hall–Kier alpha value is -8.47. The van der Waals surface area contributed by atoms with Crippen LogP contribution in [0.3, 0.4) is 0 Å². The van der Waals surface area contributed by atoms with E-state index < -0.39 is 0 Å². The Morgan fingerprint density at radius 2 is 0.676 bits per heavy atom. The molecule has 0 N–H and O–H groups in total. The van der Waals surface area contributed by atoms with Gasteiger partial charge in [-0.1, -0.05) is 205 Å². The maximum atomic E-state index is 7.21. The van der Waals surface area contributed by atoms with Crippen LogP contribution in [0, 0.1) is 0 Å². The summed E-state index contributed by atoms with van der Waals surface area (Å²) in [4.78, 5) is 9.01. The van der Waals surface area contributed by atoms with Crippen molar-refractivity contribution in [1.29, 1.82) is 0 Å². The molecule has 1 atom stereocenters. The van der Waals surface area contributed by atoms with Gasteiger partial charge in [-0.25, -0.2) is 0 Å². The number of hydrogen-bond donors (Lipinski definition) is 0. The number of nitrogens with zero attached hydrogens (tertiary/aromatic N) is 3. The van der Waals surface area contributed by atoms with Crippen molar-refractivity contribution < 1.29 is 0 Å². The number of aromatic nitrogens is 1. The molecule has 0 spiro atoms. The first-order chi connectivity index (χ1) is 35.0. The molecule has 0 radical (unpaired) electrons. The van der Waals surface area contributed by atoms with Crippen LogP contribution in [-0.2, 0) is 0 Å². The second-order valence-corrected chi connectivity index (χ2v) is 18.3. The lowest BCUT2D eigenvalue weighted by atomic mass is 9.84. The lowest BCUT2D eigenvalue weighted by Crippen LogP contribution is -2.12. The molecule has 0 amide bonds. The van der Waals surface area contributed by atoms with E-state index in [-0.39, 0.29) is 5.92 Å². The average Bonchev–Trinajstić information content (AvgIpc) is 3.43. The highest BCUT2D eigenvalue weighted by molar-refractivity contribution is 6.36. The predicted octanol–water partition coefficient (Wildman–Crippen LogP) is 19.2. The topological polar surface area (TPSA) is 19.4 Å². The van der Waals surface area contributed by atoms with Crippen LogP contribution in [0.5, 0.6) is 0 Å². The second kappa shape index (κ2) is 20.6. The van der Waals surface area contributed by atoms with Gasteiger partial charge in [0.25, 0.3) is 0 Å². The molecule has 340 valence electrons. The zero-order chi connectivity index (χ0) is 47.9. The molecule has 11 aromatic rings. The van der Waals surface area contributed by atoms with Gasteiger partial charge in [-0.05, 0) is 135 Å². The Morgan fingerprint density at radius 3 is 1.17 bits per heavy atom. The van der Waals surface area contributed by atoms with Crippen LogP contribution in [0.25, 0.3) is 44.5 Å². The van der Waals surface area contributed by atoms with Crippen molar-refractivity contribution >= 4 is 57.3 Å².